The summed E-state index contributed by atoms with van der Waals surface area (Å²) in [6.07, 6.45) is 7.79. The van der Waals surface area contributed by atoms with Crippen LogP contribution in [0.25, 0.3) is 0 Å². The van der Waals surface area contributed by atoms with E-state index in [1.165, 1.54) is 12.8 Å². The normalized spacial score (nSPS) is 31.0. The fraction of sp³-hybridized carbons (Fsp3) is 0.929. The number of nitrogens with zero attached hydrogens (tertiary/aromatic N) is 1. The van der Waals surface area contributed by atoms with E-state index in [0.717, 1.165) is 38.6 Å². The molecule has 2 aliphatic carbocycles. The van der Waals surface area contributed by atoms with Gasteiger partial charge in [-0.15, -0.1) is 11.6 Å². The highest BCUT2D eigenvalue weighted by atomic mass is 35.5. The van der Waals surface area contributed by atoms with Crippen LogP contribution in [0.15, 0.2) is 0 Å². The van der Waals surface area contributed by atoms with Crippen molar-refractivity contribution in [1.29, 1.82) is 0 Å². The minimum absolute atomic E-state index is 0.0289. The van der Waals surface area contributed by atoms with E-state index >= 15 is 0 Å². The minimum atomic E-state index is -0.0289. The molecule has 0 bridgehead atoms. The van der Waals surface area contributed by atoms with Crippen LogP contribution in [0.2, 0.25) is 0 Å². The Labute approximate surface area is 110 Å². The van der Waals surface area contributed by atoms with Gasteiger partial charge in [0.05, 0.1) is 0 Å². The fourth-order valence-corrected chi connectivity index (χ4v) is 3.95. The second-order valence-corrected chi connectivity index (χ2v) is 6.58. The van der Waals surface area contributed by atoms with Gasteiger partial charge in [0, 0.05) is 24.4 Å². The Kier molecular flexibility index (Phi) is 4.02. The third-order valence-electron chi connectivity index (χ3n) is 4.75. The van der Waals surface area contributed by atoms with Gasteiger partial charge in [0.25, 0.3) is 0 Å². The van der Waals surface area contributed by atoms with Gasteiger partial charge in [-0.05, 0) is 38.0 Å². The van der Waals surface area contributed by atoms with Crippen molar-refractivity contribution in [3.63, 3.8) is 0 Å². The first-order chi connectivity index (χ1) is 8.07. The molecule has 0 unspecified atom stereocenters. The van der Waals surface area contributed by atoms with E-state index in [0.29, 0.717) is 17.2 Å². The first-order valence-electron chi connectivity index (χ1n) is 6.97. The molecule has 98 valence electrons. The summed E-state index contributed by atoms with van der Waals surface area (Å²) in [5.41, 5.74) is -0.0289. The number of amides is 1. The van der Waals surface area contributed by atoms with E-state index in [2.05, 4.69) is 6.92 Å². The van der Waals surface area contributed by atoms with Gasteiger partial charge in [-0.3, -0.25) is 4.79 Å². The zero-order valence-corrected chi connectivity index (χ0v) is 11.8. The zero-order chi connectivity index (χ0) is 12.5. The SMILES string of the molecule is CCC1(C(=O)N(C)CC2CC(Cl)C2)CCCC1. The Balaban J connectivity index is 1.89. The summed E-state index contributed by atoms with van der Waals surface area (Å²) >= 11 is 5.99. The van der Waals surface area contributed by atoms with Crippen molar-refractivity contribution in [1.82, 2.24) is 4.90 Å². The molecule has 0 spiro atoms. The van der Waals surface area contributed by atoms with Crippen molar-refractivity contribution in [3.05, 3.63) is 0 Å². The van der Waals surface area contributed by atoms with E-state index in [9.17, 15) is 4.79 Å². The number of hydrogen-bond acceptors (Lipinski definition) is 1. The molecule has 1 amide bonds. The van der Waals surface area contributed by atoms with Crippen molar-refractivity contribution < 1.29 is 4.79 Å². The Hall–Kier alpha value is -0.240. The number of carbonyl (C=O) groups is 1. The minimum Gasteiger partial charge on any atom is -0.345 e. The molecule has 0 radical (unpaired) electrons. The number of carbonyl (C=O) groups excluding carboxylic acids is 1. The maximum absolute atomic E-state index is 12.5. The van der Waals surface area contributed by atoms with E-state index in [-0.39, 0.29) is 5.41 Å². The molecule has 0 aromatic rings. The van der Waals surface area contributed by atoms with Crippen molar-refractivity contribution >= 4 is 17.5 Å². The van der Waals surface area contributed by atoms with Crippen molar-refractivity contribution in [2.75, 3.05) is 13.6 Å². The molecule has 17 heavy (non-hydrogen) atoms. The molecule has 0 atom stereocenters. The highest BCUT2D eigenvalue weighted by molar-refractivity contribution is 6.21. The van der Waals surface area contributed by atoms with Crippen LogP contribution < -0.4 is 0 Å². The van der Waals surface area contributed by atoms with Crippen LogP contribution in [-0.4, -0.2) is 29.8 Å². The average Bonchev–Trinajstić information content (AvgIpc) is 2.75. The van der Waals surface area contributed by atoms with Gasteiger partial charge >= 0.3 is 0 Å². The number of alkyl halides is 1. The largest absolute Gasteiger partial charge is 0.345 e. The second-order valence-electron chi connectivity index (χ2n) is 5.96. The average molecular weight is 258 g/mol. The lowest BCUT2D eigenvalue weighted by molar-refractivity contribution is -0.141. The molecule has 0 aliphatic heterocycles. The van der Waals surface area contributed by atoms with Gasteiger partial charge < -0.3 is 4.90 Å². The Morgan fingerprint density at radius 2 is 1.94 bits per heavy atom. The zero-order valence-electron chi connectivity index (χ0n) is 11.0. The van der Waals surface area contributed by atoms with Crippen LogP contribution in [-0.2, 0) is 4.79 Å². The Bertz CT molecular complexity index is 280. The lowest BCUT2D eigenvalue weighted by Gasteiger charge is -2.37. The molecule has 0 saturated heterocycles. The molecular formula is C14H24ClNO. The summed E-state index contributed by atoms with van der Waals surface area (Å²) in [4.78, 5) is 14.5. The molecule has 0 heterocycles. The summed E-state index contributed by atoms with van der Waals surface area (Å²) < 4.78 is 0. The predicted molar refractivity (Wildman–Crippen MR) is 71.2 cm³/mol. The molecule has 2 saturated carbocycles. The van der Waals surface area contributed by atoms with Crippen LogP contribution in [0.3, 0.4) is 0 Å². The maximum Gasteiger partial charge on any atom is 0.228 e. The van der Waals surface area contributed by atoms with Crippen LogP contribution in [0, 0.1) is 11.3 Å². The summed E-state index contributed by atoms with van der Waals surface area (Å²) in [6.45, 7) is 3.07. The summed E-state index contributed by atoms with van der Waals surface area (Å²) in [5.74, 6) is 1.03. The molecule has 0 aromatic carbocycles. The highest BCUT2D eigenvalue weighted by Gasteiger charge is 2.41. The van der Waals surface area contributed by atoms with Crippen molar-refractivity contribution in [3.8, 4) is 0 Å². The quantitative estimate of drug-likeness (QED) is 0.707. The van der Waals surface area contributed by atoms with Gasteiger partial charge in [0.2, 0.25) is 5.91 Å². The van der Waals surface area contributed by atoms with Gasteiger partial charge in [-0.25, -0.2) is 0 Å². The maximum atomic E-state index is 12.5. The van der Waals surface area contributed by atoms with Crippen molar-refractivity contribution in [2.45, 2.75) is 57.2 Å². The number of hydrogen-bond donors (Lipinski definition) is 0. The topological polar surface area (TPSA) is 20.3 Å². The molecule has 0 aromatic heterocycles. The predicted octanol–water partition coefficient (Wildman–Crippen LogP) is 3.43. The van der Waals surface area contributed by atoms with Gasteiger partial charge in [-0.1, -0.05) is 19.8 Å². The van der Waals surface area contributed by atoms with E-state index in [1.807, 2.05) is 11.9 Å². The molecule has 2 fully saturated rings. The van der Waals surface area contributed by atoms with Crippen LogP contribution >= 0.6 is 11.6 Å². The Morgan fingerprint density at radius 3 is 2.41 bits per heavy atom. The van der Waals surface area contributed by atoms with Gasteiger partial charge in [0.15, 0.2) is 0 Å². The first-order valence-corrected chi connectivity index (χ1v) is 7.40. The summed E-state index contributed by atoms with van der Waals surface area (Å²) in [5, 5.41) is 0.357. The molecular weight excluding hydrogens is 234 g/mol. The van der Waals surface area contributed by atoms with Gasteiger partial charge in [-0.2, -0.15) is 0 Å². The Morgan fingerprint density at radius 1 is 1.35 bits per heavy atom. The van der Waals surface area contributed by atoms with E-state index in [1.54, 1.807) is 0 Å². The lowest BCUT2D eigenvalue weighted by atomic mass is 9.80. The fourth-order valence-electron chi connectivity index (χ4n) is 3.45. The standard InChI is InChI=1S/C14H24ClNO/c1-3-14(6-4-5-7-14)13(17)16(2)10-11-8-12(15)9-11/h11-12H,3-10H2,1-2H3. The highest BCUT2D eigenvalue weighted by Crippen LogP contribution is 2.43. The van der Waals surface area contributed by atoms with Crippen LogP contribution in [0.1, 0.15) is 51.9 Å². The van der Waals surface area contributed by atoms with Crippen molar-refractivity contribution in [2.24, 2.45) is 11.3 Å². The van der Waals surface area contributed by atoms with Gasteiger partial charge in [0.1, 0.15) is 0 Å². The monoisotopic (exact) mass is 257 g/mol. The lowest BCUT2D eigenvalue weighted by Crippen LogP contribution is -2.44. The second kappa shape index (κ2) is 5.17. The number of halogens is 1. The van der Waals surface area contributed by atoms with Crippen LogP contribution in [0.5, 0.6) is 0 Å². The molecule has 2 aliphatic rings. The van der Waals surface area contributed by atoms with E-state index < -0.39 is 0 Å². The first kappa shape index (κ1) is 13.2. The summed E-state index contributed by atoms with van der Waals surface area (Å²) in [6, 6.07) is 0. The van der Waals surface area contributed by atoms with Crippen LogP contribution in [0.4, 0.5) is 0 Å². The smallest absolute Gasteiger partial charge is 0.228 e. The van der Waals surface area contributed by atoms with E-state index in [4.69, 9.17) is 11.6 Å². The third kappa shape index (κ3) is 2.62. The molecule has 2 nitrogen and oxygen atoms in total. The molecule has 3 heteroatoms. The number of rotatable bonds is 4. The molecule has 2 rings (SSSR count). The third-order valence-corrected chi connectivity index (χ3v) is 5.10. The molecule has 0 N–H and O–H groups in total. The summed E-state index contributed by atoms with van der Waals surface area (Å²) in [7, 11) is 1.97.